The molecule has 1 aromatic carbocycles. The number of carbonyl (C=O) groups is 1. The van der Waals surface area contributed by atoms with Crippen molar-refractivity contribution < 1.29 is 4.79 Å². The van der Waals surface area contributed by atoms with Crippen molar-refractivity contribution >= 4 is 17.9 Å². The Morgan fingerprint density at radius 1 is 1.36 bits per heavy atom. The summed E-state index contributed by atoms with van der Waals surface area (Å²) in [7, 11) is 0. The Morgan fingerprint density at radius 3 is 2.86 bits per heavy atom. The zero-order valence-electron chi connectivity index (χ0n) is 7.22. The largest absolute Gasteiger partial charge is 0.298 e. The molecule has 0 N–H and O–H groups in total. The molecule has 3 nitrogen and oxygen atoms in total. The monoisotopic (exact) mass is 206 g/mol. The molecule has 0 aliphatic carbocycles. The van der Waals surface area contributed by atoms with E-state index in [4.69, 9.17) is 11.6 Å². The normalized spacial score (nSPS) is 10.1. The fourth-order valence-corrected chi connectivity index (χ4v) is 1.47. The number of aldehydes is 1. The molecule has 0 fully saturated rings. The van der Waals surface area contributed by atoms with Crippen LogP contribution in [0.15, 0.2) is 36.7 Å². The quantitative estimate of drug-likeness (QED) is 0.707. The maximum atomic E-state index is 10.8. The van der Waals surface area contributed by atoms with E-state index in [9.17, 15) is 4.79 Å². The number of rotatable bonds is 2. The average molecular weight is 207 g/mol. The van der Waals surface area contributed by atoms with Gasteiger partial charge in [0.1, 0.15) is 0 Å². The Labute approximate surface area is 85.9 Å². The minimum atomic E-state index is 0.438. The number of halogens is 1. The number of carbonyl (C=O) groups excluding carboxylic acids is 1. The molecule has 0 bridgehead atoms. The Morgan fingerprint density at radius 2 is 2.21 bits per heavy atom. The molecule has 70 valence electrons. The fraction of sp³-hybridized carbons (Fsp3) is 0. The van der Waals surface area contributed by atoms with E-state index < -0.39 is 0 Å². The van der Waals surface area contributed by atoms with Crippen LogP contribution in [-0.2, 0) is 0 Å². The standard InChI is InChI=1S/C10H7ClN2O/c11-9-3-1-4-10(8(9)7-14)13-6-2-5-12-13/h1-7H. The molecular formula is C10H7ClN2O. The van der Waals surface area contributed by atoms with E-state index in [1.165, 1.54) is 0 Å². The lowest BCUT2D eigenvalue weighted by atomic mass is 10.2. The van der Waals surface area contributed by atoms with Crippen LogP contribution >= 0.6 is 11.6 Å². The molecule has 0 saturated carbocycles. The predicted octanol–water partition coefficient (Wildman–Crippen LogP) is 2.34. The second-order valence-electron chi connectivity index (χ2n) is 2.74. The fourth-order valence-electron chi connectivity index (χ4n) is 1.25. The van der Waals surface area contributed by atoms with Crippen LogP contribution < -0.4 is 0 Å². The average Bonchev–Trinajstić information content (AvgIpc) is 2.70. The molecule has 0 unspecified atom stereocenters. The minimum Gasteiger partial charge on any atom is -0.298 e. The van der Waals surface area contributed by atoms with Crippen molar-refractivity contribution in [2.24, 2.45) is 0 Å². The van der Waals surface area contributed by atoms with Gasteiger partial charge in [-0.25, -0.2) is 4.68 Å². The van der Waals surface area contributed by atoms with Gasteiger partial charge in [-0.15, -0.1) is 0 Å². The van der Waals surface area contributed by atoms with Gasteiger partial charge in [0.15, 0.2) is 6.29 Å². The molecule has 0 amide bonds. The molecule has 0 spiro atoms. The number of benzene rings is 1. The third-order valence-corrected chi connectivity index (χ3v) is 2.23. The molecule has 1 heterocycles. The summed E-state index contributed by atoms with van der Waals surface area (Å²) < 4.78 is 1.61. The van der Waals surface area contributed by atoms with E-state index in [1.54, 1.807) is 41.3 Å². The molecule has 14 heavy (non-hydrogen) atoms. The Bertz CT molecular complexity index is 451. The molecule has 4 heteroatoms. The summed E-state index contributed by atoms with van der Waals surface area (Å²) in [6.45, 7) is 0. The highest BCUT2D eigenvalue weighted by atomic mass is 35.5. The number of nitrogens with zero attached hydrogens (tertiary/aromatic N) is 2. The van der Waals surface area contributed by atoms with Crippen LogP contribution in [0.3, 0.4) is 0 Å². The maximum absolute atomic E-state index is 10.8. The van der Waals surface area contributed by atoms with Crippen LogP contribution in [0, 0.1) is 0 Å². The van der Waals surface area contributed by atoms with Gasteiger partial charge in [0.05, 0.1) is 16.3 Å². The van der Waals surface area contributed by atoms with E-state index >= 15 is 0 Å². The first-order valence-electron chi connectivity index (χ1n) is 4.06. The molecule has 0 aliphatic rings. The summed E-state index contributed by atoms with van der Waals surface area (Å²) in [5, 5.41) is 4.47. The van der Waals surface area contributed by atoms with Gasteiger partial charge in [0.25, 0.3) is 0 Å². The molecular weight excluding hydrogens is 200 g/mol. The van der Waals surface area contributed by atoms with Gasteiger partial charge in [-0.05, 0) is 18.2 Å². The Hall–Kier alpha value is -1.61. The Balaban J connectivity index is 2.64. The first kappa shape index (κ1) is 8.97. The topological polar surface area (TPSA) is 34.9 Å². The molecule has 1 aromatic heterocycles. The summed E-state index contributed by atoms with van der Waals surface area (Å²) in [6, 6.07) is 7.04. The van der Waals surface area contributed by atoms with Crippen molar-refractivity contribution in [3.8, 4) is 5.69 Å². The molecule has 0 aliphatic heterocycles. The van der Waals surface area contributed by atoms with Gasteiger partial charge in [-0.2, -0.15) is 5.10 Å². The van der Waals surface area contributed by atoms with E-state index in [-0.39, 0.29) is 0 Å². The second kappa shape index (κ2) is 3.64. The summed E-state index contributed by atoms with van der Waals surface area (Å²) in [5.74, 6) is 0. The van der Waals surface area contributed by atoms with E-state index in [0.717, 1.165) is 6.29 Å². The number of hydrogen-bond donors (Lipinski definition) is 0. The van der Waals surface area contributed by atoms with Gasteiger partial charge in [-0.1, -0.05) is 17.7 Å². The lowest BCUT2D eigenvalue weighted by Crippen LogP contribution is -1.99. The predicted molar refractivity (Wildman–Crippen MR) is 54.0 cm³/mol. The zero-order valence-corrected chi connectivity index (χ0v) is 7.98. The smallest absolute Gasteiger partial charge is 0.153 e. The highest BCUT2D eigenvalue weighted by Crippen LogP contribution is 2.20. The Kier molecular flexibility index (Phi) is 2.33. The number of aromatic nitrogens is 2. The van der Waals surface area contributed by atoms with Gasteiger partial charge >= 0.3 is 0 Å². The lowest BCUT2D eigenvalue weighted by Gasteiger charge is -2.05. The van der Waals surface area contributed by atoms with Crippen molar-refractivity contribution in [3.63, 3.8) is 0 Å². The molecule has 0 saturated heterocycles. The molecule has 0 radical (unpaired) electrons. The van der Waals surface area contributed by atoms with Crippen molar-refractivity contribution in [1.82, 2.24) is 9.78 Å². The summed E-state index contributed by atoms with van der Waals surface area (Å²) >= 11 is 5.87. The van der Waals surface area contributed by atoms with E-state index in [2.05, 4.69) is 5.10 Å². The van der Waals surface area contributed by atoms with Crippen molar-refractivity contribution in [3.05, 3.63) is 47.2 Å². The molecule has 0 atom stereocenters. The molecule has 2 aromatic rings. The first-order valence-corrected chi connectivity index (χ1v) is 4.44. The third kappa shape index (κ3) is 1.42. The first-order chi connectivity index (χ1) is 6.83. The van der Waals surface area contributed by atoms with Crippen LogP contribution in [0.4, 0.5) is 0 Å². The SMILES string of the molecule is O=Cc1c(Cl)cccc1-n1cccn1. The van der Waals surface area contributed by atoms with Crippen LogP contribution in [0.1, 0.15) is 10.4 Å². The van der Waals surface area contributed by atoms with Crippen LogP contribution in [0.25, 0.3) is 5.69 Å². The second-order valence-corrected chi connectivity index (χ2v) is 3.15. The van der Waals surface area contributed by atoms with Crippen LogP contribution in [0.5, 0.6) is 0 Å². The van der Waals surface area contributed by atoms with Gasteiger partial charge < -0.3 is 0 Å². The van der Waals surface area contributed by atoms with Crippen molar-refractivity contribution in [2.45, 2.75) is 0 Å². The van der Waals surface area contributed by atoms with Gasteiger partial charge in [-0.3, -0.25) is 4.79 Å². The summed E-state index contributed by atoms with van der Waals surface area (Å²) in [6.07, 6.45) is 4.15. The van der Waals surface area contributed by atoms with Crippen LogP contribution in [0.2, 0.25) is 5.02 Å². The van der Waals surface area contributed by atoms with Crippen molar-refractivity contribution in [2.75, 3.05) is 0 Å². The maximum Gasteiger partial charge on any atom is 0.153 e. The van der Waals surface area contributed by atoms with Gasteiger partial charge in [0.2, 0.25) is 0 Å². The minimum absolute atomic E-state index is 0.438. The molecule has 2 rings (SSSR count). The third-order valence-electron chi connectivity index (χ3n) is 1.90. The van der Waals surface area contributed by atoms with Crippen LogP contribution in [-0.4, -0.2) is 16.1 Å². The highest BCUT2D eigenvalue weighted by Gasteiger charge is 2.07. The van der Waals surface area contributed by atoms with Gasteiger partial charge in [0, 0.05) is 12.4 Å². The van der Waals surface area contributed by atoms with E-state index in [0.29, 0.717) is 16.3 Å². The summed E-state index contributed by atoms with van der Waals surface area (Å²) in [4.78, 5) is 10.8. The highest BCUT2D eigenvalue weighted by molar-refractivity contribution is 6.33. The lowest BCUT2D eigenvalue weighted by molar-refractivity contribution is 0.112. The van der Waals surface area contributed by atoms with E-state index in [1.807, 2.05) is 0 Å². The summed E-state index contributed by atoms with van der Waals surface area (Å²) in [5.41, 5.74) is 1.15. The van der Waals surface area contributed by atoms with Crippen molar-refractivity contribution in [1.29, 1.82) is 0 Å². The number of hydrogen-bond acceptors (Lipinski definition) is 2. The zero-order chi connectivity index (χ0) is 9.97.